The zero-order valence-corrected chi connectivity index (χ0v) is 13.7. The third-order valence-electron chi connectivity index (χ3n) is 3.81. The van der Waals surface area contributed by atoms with Gasteiger partial charge in [-0.3, -0.25) is 19.7 Å². The summed E-state index contributed by atoms with van der Waals surface area (Å²) < 4.78 is 1.44. The van der Waals surface area contributed by atoms with Crippen molar-refractivity contribution in [1.82, 2.24) is 14.7 Å². The van der Waals surface area contributed by atoms with Gasteiger partial charge in [0.25, 0.3) is 0 Å². The van der Waals surface area contributed by atoms with Crippen molar-refractivity contribution in [2.24, 2.45) is 0 Å². The van der Waals surface area contributed by atoms with Crippen LogP contribution in [0.4, 0.5) is 5.69 Å². The van der Waals surface area contributed by atoms with Crippen molar-refractivity contribution in [3.05, 3.63) is 22.5 Å². The number of likely N-dealkylation sites (tertiary alicyclic amines) is 1. The summed E-state index contributed by atoms with van der Waals surface area (Å²) >= 11 is 1.99. The van der Waals surface area contributed by atoms with Gasteiger partial charge in [-0.15, -0.1) is 0 Å². The fourth-order valence-electron chi connectivity index (χ4n) is 2.83. The van der Waals surface area contributed by atoms with E-state index in [4.69, 9.17) is 0 Å². The van der Waals surface area contributed by atoms with E-state index in [1.807, 2.05) is 11.8 Å². The quantitative estimate of drug-likeness (QED) is 0.606. The van der Waals surface area contributed by atoms with Crippen molar-refractivity contribution >= 4 is 17.4 Å². The molecule has 1 N–H and O–H groups in total. The van der Waals surface area contributed by atoms with E-state index in [9.17, 15) is 15.2 Å². The molecule has 22 heavy (non-hydrogen) atoms. The summed E-state index contributed by atoms with van der Waals surface area (Å²) in [5, 5.41) is 25.4. The standard InChI is InChI=1S/C14H24N4O3S/c1-2-22-14-5-3-4-6-16(11-14)9-13(19)10-17-8-12(7-15-17)18(20)21/h7-8,13-14,19H,2-6,9-11H2,1H3. The van der Waals surface area contributed by atoms with Crippen LogP contribution in [0.2, 0.25) is 0 Å². The van der Waals surface area contributed by atoms with Crippen molar-refractivity contribution in [3.63, 3.8) is 0 Å². The molecule has 0 amide bonds. The highest BCUT2D eigenvalue weighted by Gasteiger charge is 2.21. The number of aliphatic hydroxyl groups excluding tert-OH is 1. The monoisotopic (exact) mass is 328 g/mol. The molecule has 2 unspecified atom stereocenters. The first-order valence-electron chi connectivity index (χ1n) is 7.77. The number of thioether (sulfide) groups is 1. The summed E-state index contributed by atoms with van der Waals surface area (Å²) in [6, 6.07) is 0. The molecule has 2 rings (SSSR count). The van der Waals surface area contributed by atoms with Crippen LogP contribution in [0.25, 0.3) is 0 Å². The summed E-state index contributed by atoms with van der Waals surface area (Å²) in [5.74, 6) is 1.12. The van der Waals surface area contributed by atoms with Crippen molar-refractivity contribution in [2.45, 2.75) is 44.1 Å². The molecule has 7 nitrogen and oxygen atoms in total. The summed E-state index contributed by atoms with van der Waals surface area (Å²) in [6.07, 6.45) is 5.67. The number of hydrogen-bond acceptors (Lipinski definition) is 6. The molecule has 8 heteroatoms. The molecular formula is C14H24N4O3S. The van der Waals surface area contributed by atoms with Gasteiger partial charge in [-0.2, -0.15) is 16.9 Å². The molecule has 0 aliphatic carbocycles. The molecule has 0 aromatic carbocycles. The summed E-state index contributed by atoms with van der Waals surface area (Å²) in [4.78, 5) is 12.5. The van der Waals surface area contributed by atoms with Crippen LogP contribution in [-0.2, 0) is 6.54 Å². The van der Waals surface area contributed by atoms with Crippen LogP contribution in [0.5, 0.6) is 0 Å². The average molecular weight is 328 g/mol. The topological polar surface area (TPSA) is 84.4 Å². The maximum atomic E-state index is 10.6. The number of nitro groups is 1. The lowest BCUT2D eigenvalue weighted by molar-refractivity contribution is -0.385. The molecule has 0 spiro atoms. The Labute approximate surface area is 134 Å². The fraction of sp³-hybridized carbons (Fsp3) is 0.786. The number of hydrogen-bond donors (Lipinski definition) is 1. The molecule has 1 saturated heterocycles. The third-order valence-corrected chi connectivity index (χ3v) is 5.00. The van der Waals surface area contributed by atoms with E-state index in [-0.39, 0.29) is 12.2 Å². The Morgan fingerprint density at radius 3 is 3.05 bits per heavy atom. The summed E-state index contributed by atoms with van der Waals surface area (Å²) in [7, 11) is 0. The van der Waals surface area contributed by atoms with Gasteiger partial charge in [-0.25, -0.2) is 0 Å². The molecule has 1 fully saturated rings. The van der Waals surface area contributed by atoms with Gasteiger partial charge in [0.1, 0.15) is 12.4 Å². The lowest BCUT2D eigenvalue weighted by Crippen LogP contribution is -2.38. The Balaban J connectivity index is 1.84. The van der Waals surface area contributed by atoms with Gasteiger partial charge in [-0.1, -0.05) is 13.3 Å². The number of aliphatic hydroxyl groups is 1. The molecule has 124 valence electrons. The minimum absolute atomic E-state index is 0.0404. The highest BCUT2D eigenvalue weighted by molar-refractivity contribution is 7.99. The maximum Gasteiger partial charge on any atom is 0.306 e. The maximum absolute atomic E-state index is 10.6. The van der Waals surface area contributed by atoms with Gasteiger partial charge in [0.15, 0.2) is 0 Å². The van der Waals surface area contributed by atoms with Crippen LogP contribution in [0, 0.1) is 10.1 Å². The minimum atomic E-state index is -0.565. The molecule has 2 atom stereocenters. The summed E-state index contributed by atoms with van der Waals surface area (Å²) in [5.41, 5.74) is -0.0404. The van der Waals surface area contributed by atoms with E-state index in [0.717, 1.165) is 18.8 Å². The molecule has 0 saturated carbocycles. The molecule has 0 bridgehead atoms. The second kappa shape index (κ2) is 8.50. The van der Waals surface area contributed by atoms with Crippen LogP contribution in [0.15, 0.2) is 12.4 Å². The smallest absolute Gasteiger partial charge is 0.306 e. The van der Waals surface area contributed by atoms with E-state index in [0.29, 0.717) is 11.8 Å². The van der Waals surface area contributed by atoms with Gasteiger partial charge in [0.2, 0.25) is 0 Å². The fourth-order valence-corrected chi connectivity index (χ4v) is 3.95. The number of aromatic nitrogens is 2. The predicted octanol–water partition coefficient (Wildman–Crippen LogP) is 1.76. The van der Waals surface area contributed by atoms with E-state index in [1.54, 1.807) is 0 Å². The van der Waals surface area contributed by atoms with Gasteiger partial charge in [0.05, 0.1) is 17.6 Å². The van der Waals surface area contributed by atoms with E-state index >= 15 is 0 Å². The third kappa shape index (κ3) is 5.26. The van der Waals surface area contributed by atoms with Crippen LogP contribution in [-0.4, -0.2) is 61.5 Å². The molecule has 1 aliphatic heterocycles. The van der Waals surface area contributed by atoms with Gasteiger partial charge < -0.3 is 5.11 Å². The zero-order valence-electron chi connectivity index (χ0n) is 12.9. The Hall–Kier alpha value is -1.12. The molecule has 0 radical (unpaired) electrons. The van der Waals surface area contributed by atoms with E-state index in [2.05, 4.69) is 16.9 Å². The molecule has 2 heterocycles. The highest BCUT2D eigenvalue weighted by atomic mass is 32.2. The SMILES string of the molecule is CCSC1CCCCN(CC(O)Cn2cc([N+](=O)[O-])cn2)C1. The molecular weight excluding hydrogens is 304 g/mol. The van der Waals surface area contributed by atoms with Crippen LogP contribution >= 0.6 is 11.8 Å². The first-order chi connectivity index (χ1) is 10.6. The number of rotatable bonds is 7. The molecule has 1 aromatic rings. The van der Waals surface area contributed by atoms with Gasteiger partial charge in [0, 0.05) is 18.3 Å². The van der Waals surface area contributed by atoms with E-state index in [1.165, 1.54) is 36.3 Å². The van der Waals surface area contributed by atoms with Crippen LogP contribution < -0.4 is 0 Å². The lowest BCUT2D eigenvalue weighted by atomic mass is 10.2. The largest absolute Gasteiger partial charge is 0.390 e. The lowest BCUT2D eigenvalue weighted by Gasteiger charge is -2.26. The predicted molar refractivity (Wildman–Crippen MR) is 87.1 cm³/mol. The second-order valence-electron chi connectivity index (χ2n) is 5.66. The molecule has 1 aliphatic rings. The first-order valence-corrected chi connectivity index (χ1v) is 8.82. The molecule has 1 aromatic heterocycles. The average Bonchev–Trinajstić information content (AvgIpc) is 2.81. The number of nitrogens with zero attached hydrogens (tertiary/aromatic N) is 4. The Morgan fingerprint density at radius 1 is 1.55 bits per heavy atom. The Morgan fingerprint density at radius 2 is 2.36 bits per heavy atom. The van der Waals surface area contributed by atoms with Gasteiger partial charge >= 0.3 is 5.69 Å². The van der Waals surface area contributed by atoms with E-state index < -0.39 is 11.0 Å². The highest BCUT2D eigenvalue weighted by Crippen LogP contribution is 2.22. The first kappa shape index (κ1) is 17.2. The van der Waals surface area contributed by atoms with Crippen molar-refractivity contribution < 1.29 is 10.0 Å². The zero-order chi connectivity index (χ0) is 15.9. The Bertz CT molecular complexity index is 482. The summed E-state index contributed by atoms with van der Waals surface area (Å²) in [6.45, 7) is 5.08. The van der Waals surface area contributed by atoms with Crippen LogP contribution in [0.1, 0.15) is 26.2 Å². The van der Waals surface area contributed by atoms with Crippen molar-refractivity contribution in [2.75, 3.05) is 25.4 Å². The van der Waals surface area contributed by atoms with Gasteiger partial charge in [-0.05, 0) is 25.1 Å². The van der Waals surface area contributed by atoms with Crippen molar-refractivity contribution in [1.29, 1.82) is 0 Å². The minimum Gasteiger partial charge on any atom is -0.390 e. The second-order valence-corrected chi connectivity index (χ2v) is 7.24. The van der Waals surface area contributed by atoms with Crippen molar-refractivity contribution in [3.8, 4) is 0 Å². The Kier molecular flexibility index (Phi) is 6.66. The normalized spacial score (nSPS) is 21.5. The van der Waals surface area contributed by atoms with Crippen LogP contribution in [0.3, 0.4) is 0 Å². The number of β-amino-alcohol motifs (C(OH)–C–C–N with tert-alkyl or cyclic N) is 1.